The van der Waals surface area contributed by atoms with Crippen molar-refractivity contribution in [1.82, 2.24) is 14.9 Å². The number of nitrogens with one attached hydrogen (secondary N) is 2. The summed E-state index contributed by atoms with van der Waals surface area (Å²) in [7, 11) is 0. The highest BCUT2D eigenvalue weighted by molar-refractivity contribution is 8.00. The molecule has 3 aromatic rings. The second-order valence-corrected chi connectivity index (χ2v) is 8.74. The molecule has 0 unspecified atom stereocenters. The molecule has 0 saturated heterocycles. The summed E-state index contributed by atoms with van der Waals surface area (Å²) in [5.41, 5.74) is 8.86. The summed E-state index contributed by atoms with van der Waals surface area (Å²) < 4.78 is 1.92. The third-order valence-electron chi connectivity index (χ3n) is 5.48. The van der Waals surface area contributed by atoms with E-state index >= 15 is 0 Å². The van der Waals surface area contributed by atoms with E-state index in [0.29, 0.717) is 0 Å². The normalized spacial score (nSPS) is 17.9. The Balaban J connectivity index is 1.68. The fraction of sp³-hybridized carbons (Fsp3) is 0.348. The topological polar surface area (TPSA) is 71.8 Å². The molecule has 7 heteroatoms. The van der Waals surface area contributed by atoms with E-state index in [2.05, 4.69) is 58.2 Å². The van der Waals surface area contributed by atoms with Crippen LogP contribution in [0.3, 0.4) is 0 Å². The van der Waals surface area contributed by atoms with Crippen LogP contribution in [0.5, 0.6) is 0 Å². The minimum atomic E-state index is -0.376. The maximum atomic E-state index is 13.4. The van der Waals surface area contributed by atoms with Crippen molar-refractivity contribution < 1.29 is 4.79 Å². The second kappa shape index (κ2) is 8.52. The van der Waals surface area contributed by atoms with Gasteiger partial charge in [0.2, 0.25) is 11.1 Å². The Morgan fingerprint density at radius 2 is 1.87 bits per heavy atom. The highest BCUT2D eigenvalue weighted by atomic mass is 32.2. The molecule has 156 valence electrons. The number of carbonyl (C=O) groups is 1. The summed E-state index contributed by atoms with van der Waals surface area (Å²) in [5, 5.41) is 12.0. The summed E-state index contributed by atoms with van der Waals surface area (Å²) >= 11 is 1.46. The molecule has 1 aliphatic rings. The molecule has 2 heterocycles. The molecule has 1 aromatic heterocycles. The highest BCUT2D eigenvalue weighted by Gasteiger charge is 2.37. The van der Waals surface area contributed by atoms with Crippen molar-refractivity contribution in [2.75, 3.05) is 10.7 Å². The predicted octanol–water partition coefficient (Wildman–Crippen LogP) is 4.42. The smallest absolute Gasteiger partial charge is 0.240 e. The SMILES string of the molecule is CCc1ccc([C@@H]2Nn3c(CC)nnc3S[C@@H]2C(=O)Nc2cc(C)ccc2C)cc1. The van der Waals surface area contributed by atoms with Gasteiger partial charge in [-0.1, -0.05) is 62.0 Å². The Morgan fingerprint density at radius 3 is 2.57 bits per heavy atom. The number of nitrogens with zero attached hydrogens (tertiary/aromatic N) is 3. The molecule has 2 N–H and O–H groups in total. The first kappa shape index (κ1) is 20.5. The monoisotopic (exact) mass is 421 g/mol. The van der Waals surface area contributed by atoms with Gasteiger partial charge in [-0.05, 0) is 48.6 Å². The van der Waals surface area contributed by atoms with Crippen molar-refractivity contribution in [3.63, 3.8) is 0 Å². The van der Waals surface area contributed by atoms with Gasteiger partial charge in [0.1, 0.15) is 5.25 Å². The number of hydrogen-bond acceptors (Lipinski definition) is 5. The molecule has 0 fully saturated rings. The zero-order chi connectivity index (χ0) is 21.3. The van der Waals surface area contributed by atoms with E-state index in [1.54, 1.807) is 0 Å². The molecule has 1 aliphatic heterocycles. The second-order valence-electron chi connectivity index (χ2n) is 7.64. The van der Waals surface area contributed by atoms with Gasteiger partial charge in [-0.2, -0.15) is 0 Å². The number of aromatic nitrogens is 3. The zero-order valence-electron chi connectivity index (χ0n) is 17.8. The van der Waals surface area contributed by atoms with Crippen molar-refractivity contribution in [3.8, 4) is 0 Å². The van der Waals surface area contributed by atoms with Gasteiger partial charge in [-0.25, -0.2) is 4.68 Å². The quantitative estimate of drug-likeness (QED) is 0.638. The van der Waals surface area contributed by atoms with E-state index < -0.39 is 0 Å². The molecule has 0 bridgehead atoms. The van der Waals surface area contributed by atoms with Crippen LogP contribution in [-0.4, -0.2) is 26.0 Å². The molecule has 4 rings (SSSR count). The highest BCUT2D eigenvalue weighted by Crippen LogP contribution is 2.38. The largest absolute Gasteiger partial charge is 0.325 e. The Kier molecular flexibility index (Phi) is 5.81. The van der Waals surface area contributed by atoms with E-state index in [-0.39, 0.29) is 17.2 Å². The molecule has 0 spiro atoms. The number of aryl methyl sites for hydroxylation is 4. The summed E-state index contributed by atoms with van der Waals surface area (Å²) in [4.78, 5) is 13.4. The van der Waals surface area contributed by atoms with Crippen LogP contribution in [-0.2, 0) is 17.6 Å². The van der Waals surface area contributed by atoms with E-state index in [1.165, 1.54) is 17.3 Å². The lowest BCUT2D eigenvalue weighted by molar-refractivity contribution is -0.116. The van der Waals surface area contributed by atoms with Crippen LogP contribution < -0.4 is 10.7 Å². The fourth-order valence-corrected chi connectivity index (χ4v) is 4.71. The predicted molar refractivity (Wildman–Crippen MR) is 122 cm³/mol. The number of amides is 1. The van der Waals surface area contributed by atoms with Crippen LogP contribution in [0.1, 0.15) is 48.0 Å². The van der Waals surface area contributed by atoms with Crippen LogP contribution in [0.2, 0.25) is 0 Å². The lowest BCUT2D eigenvalue weighted by Crippen LogP contribution is -2.41. The number of benzene rings is 2. The third-order valence-corrected chi connectivity index (χ3v) is 6.69. The number of fused-ring (bicyclic) bond motifs is 1. The van der Waals surface area contributed by atoms with Crippen LogP contribution in [0.25, 0.3) is 0 Å². The van der Waals surface area contributed by atoms with E-state index in [1.807, 2.05) is 37.6 Å². The van der Waals surface area contributed by atoms with Crippen LogP contribution >= 0.6 is 11.8 Å². The van der Waals surface area contributed by atoms with Crippen molar-refractivity contribution in [3.05, 3.63) is 70.5 Å². The van der Waals surface area contributed by atoms with Crippen LogP contribution in [0, 0.1) is 13.8 Å². The molecule has 0 aliphatic carbocycles. The molecule has 2 atom stereocenters. The van der Waals surface area contributed by atoms with Crippen molar-refractivity contribution in [2.24, 2.45) is 0 Å². The molecular weight excluding hydrogens is 394 g/mol. The Labute approximate surface area is 181 Å². The van der Waals surface area contributed by atoms with Gasteiger partial charge >= 0.3 is 0 Å². The number of anilines is 1. The Hall–Kier alpha value is -2.80. The van der Waals surface area contributed by atoms with Gasteiger partial charge in [-0.3, -0.25) is 4.79 Å². The molecule has 0 radical (unpaired) electrons. The fourth-order valence-electron chi connectivity index (χ4n) is 3.61. The first-order valence-corrected chi connectivity index (χ1v) is 11.2. The molecule has 30 heavy (non-hydrogen) atoms. The van der Waals surface area contributed by atoms with Gasteiger partial charge in [0, 0.05) is 12.1 Å². The molecule has 2 aromatic carbocycles. The van der Waals surface area contributed by atoms with Gasteiger partial charge in [-0.15, -0.1) is 10.2 Å². The maximum Gasteiger partial charge on any atom is 0.240 e. The van der Waals surface area contributed by atoms with Crippen LogP contribution in [0.4, 0.5) is 5.69 Å². The lowest BCUT2D eigenvalue weighted by Gasteiger charge is -2.33. The molecule has 1 amide bonds. The van der Waals surface area contributed by atoms with Gasteiger partial charge in [0.05, 0.1) is 6.04 Å². The maximum absolute atomic E-state index is 13.4. The first-order chi connectivity index (χ1) is 14.5. The number of hydrogen-bond donors (Lipinski definition) is 2. The minimum Gasteiger partial charge on any atom is -0.325 e. The van der Waals surface area contributed by atoms with Crippen LogP contribution in [0.15, 0.2) is 47.6 Å². The number of carbonyl (C=O) groups excluding carboxylic acids is 1. The Morgan fingerprint density at radius 1 is 1.10 bits per heavy atom. The van der Waals surface area contributed by atoms with Crippen molar-refractivity contribution in [2.45, 2.75) is 57.0 Å². The zero-order valence-corrected chi connectivity index (χ0v) is 18.6. The standard InChI is InChI=1S/C23H27N5OS/c1-5-16-9-11-17(12-10-16)20-21(30-23-26-25-19(6-2)28(23)27-20)22(29)24-18-13-14(3)7-8-15(18)4/h7-13,20-21,27H,5-6H2,1-4H3,(H,24,29)/t20-,21-/m0/s1. The molecule has 0 saturated carbocycles. The minimum absolute atomic E-state index is 0.0435. The third kappa shape index (κ3) is 3.94. The lowest BCUT2D eigenvalue weighted by atomic mass is 10.0. The number of rotatable bonds is 5. The summed E-state index contributed by atoms with van der Waals surface area (Å²) in [6.45, 7) is 8.22. The van der Waals surface area contributed by atoms with E-state index in [9.17, 15) is 4.79 Å². The Bertz CT molecular complexity index is 1060. The van der Waals surface area contributed by atoms with Gasteiger partial charge < -0.3 is 10.7 Å². The number of thioether (sulfide) groups is 1. The average molecular weight is 422 g/mol. The molecule has 6 nitrogen and oxygen atoms in total. The average Bonchev–Trinajstić information content (AvgIpc) is 3.17. The van der Waals surface area contributed by atoms with E-state index in [0.717, 1.165) is 46.2 Å². The summed E-state index contributed by atoms with van der Waals surface area (Å²) in [5.74, 6) is 0.819. The van der Waals surface area contributed by atoms with Crippen molar-refractivity contribution >= 4 is 23.4 Å². The first-order valence-electron chi connectivity index (χ1n) is 10.3. The van der Waals surface area contributed by atoms with Gasteiger partial charge in [0.15, 0.2) is 5.82 Å². The van der Waals surface area contributed by atoms with Gasteiger partial charge in [0.25, 0.3) is 0 Å². The summed E-state index contributed by atoms with van der Waals surface area (Å²) in [6.07, 6.45) is 1.75. The molecular formula is C23H27N5OS. The summed E-state index contributed by atoms with van der Waals surface area (Å²) in [6, 6.07) is 14.4. The van der Waals surface area contributed by atoms with Crippen molar-refractivity contribution in [1.29, 1.82) is 0 Å². The van der Waals surface area contributed by atoms with E-state index in [4.69, 9.17) is 0 Å².